The van der Waals surface area contributed by atoms with E-state index in [1.165, 1.54) is 0 Å². The van der Waals surface area contributed by atoms with Crippen molar-refractivity contribution in [1.29, 1.82) is 0 Å². The van der Waals surface area contributed by atoms with E-state index in [1.807, 2.05) is 0 Å². The zero-order valence-electron chi connectivity index (χ0n) is 4.57. The van der Waals surface area contributed by atoms with Gasteiger partial charge in [0.05, 0.1) is 11.8 Å². The van der Waals surface area contributed by atoms with Gasteiger partial charge in [-0.05, 0) is 0 Å². The zero-order chi connectivity index (χ0) is 7.28. The van der Waals surface area contributed by atoms with Crippen LogP contribution in [0.25, 0.3) is 0 Å². The minimum atomic E-state index is -1.27. The molecule has 50 valence electrons. The Morgan fingerprint density at radius 2 is 2.11 bits per heavy atom. The van der Waals surface area contributed by atoms with Crippen molar-refractivity contribution < 1.29 is 19.8 Å². The number of aliphatic hydroxyl groups is 1. The van der Waals surface area contributed by atoms with E-state index < -0.39 is 5.97 Å². The quantitative estimate of drug-likeness (QED) is 0.323. The summed E-state index contributed by atoms with van der Waals surface area (Å²) in [5.74, 6) is -1.27. The Kier molecular flexibility index (Phi) is 3.12. The van der Waals surface area contributed by atoms with Crippen LogP contribution >= 0.6 is 0 Å². The molecule has 0 amide bonds. The van der Waals surface area contributed by atoms with Gasteiger partial charge in [0.2, 0.25) is 0 Å². The van der Waals surface area contributed by atoms with Crippen LogP contribution in [0.2, 0.25) is 0 Å². The van der Waals surface area contributed by atoms with E-state index in [1.54, 1.807) is 0 Å². The molecule has 0 aliphatic rings. The molecule has 0 fully saturated rings. The number of aliphatic carboxylic acids is 1. The SMILES string of the molecule is O=CC/C(=C\O)C(=O)O. The van der Waals surface area contributed by atoms with Gasteiger partial charge < -0.3 is 15.0 Å². The number of hydrogen-bond donors (Lipinski definition) is 2. The number of hydrogen-bond acceptors (Lipinski definition) is 3. The highest BCUT2D eigenvalue weighted by atomic mass is 16.4. The van der Waals surface area contributed by atoms with Crippen LogP contribution in [-0.2, 0) is 9.59 Å². The summed E-state index contributed by atoms with van der Waals surface area (Å²) >= 11 is 0. The van der Waals surface area contributed by atoms with Gasteiger partial charge in [-0.2, -0.15) is 0 Å². The van der Waals surface area contributed by atoms with Crippen molar-refractivity contribution in [3.05, 3.63) is 11.8 Å². The van der Waals surface area contributed by atoms with Gasteiger partial charge in [-0.25, -0.2) is 4.79 Å². The van der Waals surface area contributed by atoms with E-state index in [9.17, 15) is 9.59 Å². The van der Waals surface area contributed by atoms with Gasteiger partial charge in [0.15, 0.2) is 0 Å². The van der Waals surface area contributed by atoms with Gasteiger partial charge in [0, 0.05) is 6.42 Å². The fraction of sp³-hybridized carbons (Fsp3) is 0.200. The molecule has 0 rings (SSSR count). The van der Waals surface area contributed by atoms with Crippen LogP contribution in [0.5, 0.6) is 0 Å². The van der Waals surface area contributed by atoms with Crippen molar-refractivity contribution >= 4 is 12.3 Å². The van der Waals surface area contributed by atoms with Crippen molar-refractivity contribution in [2.75, 3.05) is 0 Å². The normalized spacial score (nSPS) is 10.9. The lowest BCUT2D eigenvalue weighted by molar-refractivity contribution is -0.133. The van der Waals surface area contributed by atoms with E-state index in [0.29, 0.717) is 12.5 Å². The maximum absolute atomic E-state index is 9.93. The lowest BCUT2D eigenvalue weighted by Crippen LogP contribution is -2.00. The van der Waals surface area contributed by atoms with Crippen molar-refractivity contribution in [2.45, 2.75) is 6.42 Å². The largest absolute Gasteiger partial charge is 0.515 e. The summed E-state index contributed by atoms with van der Waals surface area (Å²) in [4.78, 5) is 19.6. The molecule has 9 heavy (non-hydrogen) atoms. The van der Waals surface area contributed by atoms with E-state index in [4.69, 9.17) is 10.2 Å². The van der Waals surface area contributed by atoms with Gasteiger partial charge in [-0.1, -0.05) is 0 Å². The zero-order valence-corrected chi connectivity index (χ0v) is 4.57. The molecule has 0 aromatic heterocycles. The summed E-state index contributed by atoms with van der Waals surface area (Å²) in [7, 11) is 0. The predicted octanol–water partition coefficient (Wildman–Crippen LogP) is 0.102. The van der Waals surface area contributed by atoms with E-state index in [-0.39, 0.29) is 12.0 Å². The van der Waals surface area contributed by atoms with Crippen LogP contribution in [0.3, 0.4) is 0 Å². The number of aliphatic hydroxyl groups excluding tert-OH is 1. The number of carboxylic acid groups (broad SMARTS) is 1. The monoisotopic (exact) mass is 130 g/mol. The predicted molar refractivity (Wildman–Crippen MR) is 29.0 cm³/mol. The Hall–Kier alpha value is -1.32. The molecule has 0 radical (unpaired) electrons. The van der Waals surface area contributed by atoms with Crippen molar-refractivity contribution in [3.63, 3.8) is 0 Å². The third-order valence-electron chi connectivity index (χ3n) is 0.734. The molecule has 0 atom stereocenters. The molecule has 0 heterocycles. The third kappa shape index (κ3) is 2.48. The highest BCUT2D eigenvalue weighted by molar-refractivity contribution is 5.89. The summed E-state index contributed by atoms with van der Waals surface area (Å²) in [6.07, 6.45) is 0.568. The molecule has 2 N–H and O–H groups in total. The average Bonchev–Trinajstić information content (AvgIpc) is 1.82. The van der Waals surface area contributed by atoms with Gasteiger partial charge in [-0.15, -0.1) is 0 Å². The second kappa shape index (κ2) is 3.65. The Balaban J connectivity index is 4.00. The number of rotatable bonds is 3. The Morgan fingerprint density at radius 1 is 1.56 bits per heavy atom. The second-order valence-corrected chi connectivity index (χ2v) is 1.33. The number of carbonyl (C=O) groups excluding carboxylic acids is 1. The summed E-state index contributed by atoms with van der Waals surface area (Å²) in [5, 5.41) is 16.2. The average molecular weight is 130 g/mol. The minimum Gasteiger partial charge on any atom is -0.515 e. The van der Waals surface area contributed by atoms with Crippen LogP contribution in [0.15, 0.2) is 11.8 Å². The van der Waals surface area contributed by atoms with E-state index in [0.717, 1.165) is 0 Å². The standard InChI is InChI=1S/C5H6O4/c6-2-1-4(3-7)5(8)9/h2-3,7H,1H2,(H,8,9)/b4-3+. The first-order chi connectivity index (χ1) is 4.22. The summed E-state index contributed by atoms with van der Waals surface area (Å²) in [5.41, 5.74) is -0.301. The molecular weight excluding hydrogens is 124 g/mol. The van der Waals surface area contributed by atoms with Crippen LogP contribution < -0.4 is 0 Å². The van der Waals surface area contributed by atoms with Crippen LogP contribution in [0.4, 0.5) is 0 Å². The summed E-state index contributed by atoms with van der Waals surface area (Å²) < 4.78 is 0. The summed E-state index contributed by atoms with van der Waals surface area (Å²) in [6.45, 7) is 0. The Labute approximate surface area is 51.4 Å². The first-order valence-corrected chi connectivity index (χ1v) is 2.22. The topological polar surface area (TPSA) is 74.6 Å². The van der Waals surface area contributed by atoms with Crippen LogP contribution in [-0.4, -0.2) is 22.5 Å². The molecule has 0 bridgehead atoms. The maximum Gasteiger partial charge on any atom is 0.335 e. The lowest BCUT2D eigenvalue weighted by atomic mass is 10.2. The fourth-order valence-electron chi connectivity index (χ4n) is 0.285. The Bertz CT molecular complexity index is 147. The van der Waals surface area contributed by atoms with Gasteiger partial charge in [0.25, 0.3) is 0 Å². The molecule has 0 saturated carbocycles. The molecule has 0 aliphatic carbocycles. The summed E-state index contributed by atoms with van der Waals surface area (Å²) in [6, 6.07) is 0. The highest BCUT2D eigenvalue weighted by Crippen LogP contribution is 1.95. The first kappa shape index (κ1) is 7.68. The van der Waals surface area contributed by atoms with Crippen molar-refractivity contribution in [2.24, 2.45) is 0 Å². The molecule has 0 saturated heterocycles. The van der Waals surface area contributed by atoms with Gasteiger partial charge in [-0.3, -0.25) is 0 Å². The highest BCUT2D eigenvalue weighted by Gasteiger charge is 2.04. The van der Waals surface area contributed by atoms with Gasteiger partial charge in [0.1, 0.15) is 6.29 Å². The molecule has 4 heteroatoms. The second-order valence-electron chi connectivity index (χ2n) is 1.33. The fourth-order valence-corrected chi connectivity index (χ4v) is 0.285. The molecule has 4 nitrogen and oxygen atoms in total. The minimum absolute atomic E-state index is 0.258. The molecule has 0 aromatic rings. The van der Waals surface area contributed by atoms with Gasteiger partial charge >= 0.3 is 5.97 Å². The lowest BCUT2D eigenvalue weighted by Gasteiger charge is -1.89. The molecular formula is C5H6O4. The Morgan fingerprint density at radius 3 is 2.22 bits per heavy atom. The molecule has 0 unspecified atom stereocenters. The van der Waals surface area contributed by atoms with Crippen molar-refractivity contribution in [1.82, 2.24) is 0 Å². The van der Waals surface area contributed by atoms with E-state index in [2.05, 4.69) is 0 Å². The van der Waals surface area contributed by atoms with Crippen LogP contribution in [0, 0.1) is 0 Å². The molecule has 0 spiro atoms. The smallest absolute Gasteiger partial charge is 0.335 e. The number of aldehydes is 1. The molecule has 0 aliphatic heterocycles. The third-order valence-corrected chi connectivity index (χ3v) is 0.734. The number of carbonyl (C=O) groups is 2. The molecule has 0 aromatic carbocycles. The maximum atomic E-state index is 9.93. The number of carboxylic acids is 1. The van der Waals surface area contributed by atoms with Crippen molar-refractivity contribution in [3.8, 4) is 0 Å². The van der Waals surface area contributed by atoms with E-state index >= 15 is 0 Å². The van der Waals surface area contributed by atoms with Crippen LogP contribution in [0.1, 0.15) is 6.42 Å². The first-order valence-electron chi connectivity index (χ1n) is 2.22.